The predicted molar refractivity (Wildman–Crippen MR) is 75.0 cm³/mol. The molecule has 100 valence electrons. The van der Waals surface area contributed by atoms with Gasteiger partial charge in [-0.2, -0.15) is 0 Å². The number of aromatic nitrogens is 2. The molecule has 1 saturated heterocycles. The lowest BCUT2D eigenvalue weighted by molar-refractivity contribution is 0.0630. The van der Waals surface area contributed by atoms with E-state index in [1.54, 1.807) is 6.33 Å². The number of likely N-dealkylation sites (tertiary alicyclic amines) is 1. The van der Waals surface area contributed by atoms with E-state index in [4.69, 9.17) is 0 Å². The first-order valence-electron chi connectivity index (χ1n) is 6.78. The smallest absolute Gasteiger partial charge is 0.253 e. The number of benzene rings is 1. The number of carbonyl (C=O) groups excluding carboxylic acids is 1. The van der Waals surface area contributed by atoms with E-state index in [2.05, 4.69) is 23.8 Å². The Hall–Kier alpha value is -1.84. The molecule has 1 amide bonds. The maximum atomic E-state index is 12.5. The third kappa shape index (κ3) is 2.35. The van der Waals surface area contributed by atoms with E-state index in [1.165, 1.54) is 0 Å². The van der Waals surface area contributed by atoms with Crippen molar-refractivity contribution in [3.05, 3.63) is 30.1 Å². The summed E-state index contributed by atoms with van der Waals surface area (Å²) in [4.78, 5) is 21.6. The van der Waals surface area contributed by atoms with Crippen LogP contribution >= 0.6 is 0 Å². The zero-order valence-electron chi connectivity index (χ0n) is 11.4. The van der Waals surface area contributed by atoms with E-state index in [0.717, 1.165) is 42.5 Å². The quantitative estimate of drug-likeness (QED) is 0.854. The number of fused-ring (bicyclic) bond motifs is 1. The van der Waals surface area contributed by atoms with Gasteiger partial charge in [-0.15, -0.1) is 0 Å². The monoisotopic (exact) mass is 257 g/mol. The number of piperidine rings is 1. The van der Waals surface area contributed by atoms with Crippen molar-refractivity contribution < 1.29 is 4.79 Å². The van der Waals surface area contributed by atoms with Gasteiger partial charge in [0, 0.05) is 18.7 Å². The maximum Gasteiger partial charge on any atom is 0.253 e. The van der Waals surface area contributed by atoms with Crippen molar-refractivity contribution in [2.45, 2.75) is 26.7 Å². The largest absolute Gasteiger partial charge is 0.345 e. The summed E-state index contributed by atoms with van der Waals surface area (Å²) in [5.41, 5.74) is 2.93. The summed E-state index contributed by atoms with van der Waals surface area (Å²) in [6.45, 7) is 6.25. The maximum absolute atomic E-state index is 12.5. The second kappa shape index (κ2) is 4.37. The van der Waals surface area contributed by atoms with Crippen molar-refractivity contribution in [3.63, 3.8) is 0 Å². The first-order valence-corrected chi connectivity index (χ1v) is 6.78. The van der Waals surface area contributed by atoms with E-state index < -0.39 is 0 Å². The lowest BCUT2D eigenvalue weighted by Crippen LogP contribution is -2.41. The molecule has 1 aromatic carbocycles. The molecule has 1 aromatic heterocycles. The molecule has 1 fully saturated rings. The molecule has 0 atom stereocenters. The third-order valence-corrected chi connectivity index (χ3v) is 4.07. The fourth-order valence-corrected chi connectivity index (χ4v) is 2.57. The highest BCUT2D eigenvalue weighted by Crippen LogP contribution is 2.30. The topological polar surface area (TPSA) is 49.0 Å². The summed E-state index contributed by atoms with van der Waals surface area (Å²) in [7, 11) is 0. The Labute approximate surface area is 112 Å². The molecule has 0 radical (unpaired) electrons. The molecule has 4 nitrogen and oxygen atoms in total. The number of hydrogen-bond acceptors (Lipinski definition) is 2. The van der Waals surface area contributed by atoms with Gasteiger partial charge >= 0.3 is 0 Å². The number of rotatable bonds is 1. The number of nitrogens with zero attached hydrogens (tertiary/aromatic N) is 2. The SMILES string of the molecule is CC1(C)CCN(C(=O)c2ccc3nc[nH]c3c2)CC1. The standard InChI is InChI=1S/C15H19N3O/c1-15(2)5-7-18(8-6-15)14(19)11-3-4-12-13(9-11)17-10-16-12/h3-4,9-10H,5-8H2,1-2H3,(H,16,17). The van der Waals surface area contributed by atoms with Crippen molar-refractivity contribution in [1.29, 1.82) is 0 Å². The predicted octanol–water partition coefficient (Wildman–Crippen LogP) is 2.83. The fraction of sp³-hybridized carbons (Fsp3) is 0.467. The van der Waals surface area contributed by atoms with Crippen molar-refractivity contribution >= 4 is 16.9 Å². The summed E-state index contributed by atoms with van der Waals surface area (Å²) in [5.74, 6) is 0.131. The van der Waals surface area contributed by atoms with Crippen molar-refractivity contribution in [2.24, 2.45) is 5.41 Å². The van der Waals surface area contributed by atoms with Gasteiger partial charge in [0.05, 0.1) is 17.4 Å². The highest BCUT2D eigenvalue weighted by atomic mass is 16.2. The summed E-state index contributed by atoms with van der Waals surface area (Å²) < 4.78 is 0. The number of H-pyrrole nitrogens is 1. The third-order valence-electron chi connectivity index (χ3n) is 4.07. The van der Waals surface area contributed by atoms with Gasteiger partial charge in [0.25, 0.3) is 5.91 Å². The number of imidazole rings is 1. The van der Waals surface area contributed by atoms with Crippen LogP contribution in [0.1, 0.15) is 37.0 Å². The molecule has 2 heterocycles. The van der Waals surface area contributed by atoms with E-state index in [0.29, 0.717) is 5.41 Å². The molecule has 1 N–H and O–H groups in total. The van der Waals surface area contributed by atoms with Gasteiger partial charge < -0.3 is 9.88 Å². The lowest BCUT2D eigenvalue weighted by atomic mass is 9.82. The number of nitrogens with one attached hydrogen (secondary N) is 1. The Balaban J connectivity index is 1.80. The minimum Gasteiger partial charge on any atom is -0.345 e. The van der Waals surface area contributed by atoms with Crippen LogP contribution in [0.15, 0.2) is 24.5 Å². The Kier molecular flexibility index (Phi) is 2.81. The van der Waals surface area contributed by atoms with Crippen LogP contribution in [0.2, 0.25) is 0 Å². The highest BCUT2D eigenvalue weighted by Gasteiger charge is 2.28. The van der Waals surface area contributed by atoms with Crippen LogP contribution in [0.4, 0.5) is 0 Å². The molecule has 2 aromatic rings. The Morgan fingerprint density at radius 1 is 1.32 bits per heavy atom. The average Bonchev–Trinajstić information content (AvgIpc) is 2.85. The van der Waals surface area contributed by atoms with E-state index in [9.17, 15) is 4.79 Å². The average molecular weight is 257 g/mol. The molecule has 0 unspecified atom stereocenters. The van der Waals surface area contributed by atoms with Crippen LogP contribution in [0, 0.1) is 5.41 Å². The molecule has 1 aliphatic heterocycles. The number of hydrogen-bond donors (Lipinski definition) is 1. The molecular weight excluding hydrogens is 238 g/mol. The van der Waals surface area contributed by atoms with Gasteiger partial charge in [-0.3, -0.25) is 4.79 Å². The van der Waals surface area contributed by atoms with E-state index >= 15 is 0 Å². The zero-order chi connectivity index (χ0) is 13.5. The molecular formula is C15H19N3O. The minimum absolute atomic E-state index is 0.131. The van der Waals surface area contributed by atoms with Gasteiger partial charge in [-0.25, -0.2) is 4.98 Å². The summed E-state index contributed by atoms with van der Waals surface area (Å²) in [6, 6.07) is 5.66. The van der Waals surface area contributed by atoms with Crippen LogP contribution in [-0.4, -0.2) is 33.9 Å². The molecule has 0 aliphatic carbocycles. The zero-order valence-corrected chi connectivity index (χ0v) is 11.4. The number of amides is 1. The van der Waals surface area contributed by atoms with Crippen LogP contribution < -0.4 is 0 Å². The molecule has 1 aliphatic rings. The first kappa shape index (κ1) is 12.2. The van der Waals surface area contributed by atoms with Gasteiger partial charge in [0.1, 0.15) is 0 Å². The molecule has 0 spiro atoms. The number of carbonyl (C=O) groups is 1. The normalized spacial score (nSPS) is 18.7. The van der Waals surface area contributed by atoms with Crippen LogP contribution in [0.3, 0.4) is 0 Å². The van der Waals surface area contributed by atoms with Gasteiger partial charge in [-0.05, 0) is 36.5 Å². The molecule has 4 heteroatoms. The fourth-order valence-electron chi connectivity index (χ4n) is 2.57. The highest BCUT2D eigenvalue weighted by molar-refractivity contribution is 5.97. The summed E-state index contributed by atoms with van der Waals surface area (Å²) in [6.07, 6.45) is 3.80. The minimum atomic E-state index is 0.131. The summed E-state index contributed by atoms with van der Waals surface area (Å²) >= 11 is 0. The van der Waals surface area contributed by atoms with Gasteiger partial charge in [0.2, 0.25) is 0 Å². The van der Waals surface area contributed by atoms with Crippen molar-refractivity contribution in [1.82, 2.24) is 14.9 Å². The molecule has 3 rings (SSSR count). The summed E-state index contributed by atoms with van der Waals surface area (Å²) in [5, 5.41) is 0. The van der Waals surface area contributed by atoms with Crippen molar-refractivity contribution in [2.75, 3.05) is 13.1 Å². The van der Waals surface area contributed by atoms with E-state index in [-0.39, 0.29) is 5.91 Å². The van der Waals surface area contributed by atoms with Gasteiger partial charge in [0.15, 0.2) is 0 Å². The first-order chi connectivity index (χ1) is 9.05. The Morgan fingerprint density at radius 3 is 2.79 bits per heavy atom. The van der Waals surface area contributed by atoms with Crippen molar-refractivity contribution in [3.8, 4) is 0 Å². The molecule has 19 heavy (non-hydrogen) atoms. The Bertz CT molecular complexity index is 605. The molecule has 0 bridgehead atoms. The molecule has 0 saturated carbocycles. The van der Waals surface area contributed by atoms with Crippen LogP contribution in [-0.2, 0) is 0 Å². The second-order valence-electron chi connectivity index (χ2n) is 6.09. The van der Waals surface area contributed by atoms with Gasteiger partial charge in [-0.1, -0.05) is 13.8 Å². The van der Waals surface area contributed by atoms with E-state index in [1.807, 2.05) is 23.1 Å². The number of aromatic amines is 1. The van der Waals surface area contributed by atoms with Crippen LogP contribution in [0.25, 0.3) is 11.0 Å². The second-order valence-corrected chi connectivity index (χ2v) is 6.09. The van der Waals surface area contributed by atoms with Crippen LogP contribution in [0.5, 0.6) is 0 Å². The lowest BCUT2D eigenvalue weighted by Gasteiger charge is -2.36. The Morgan fingerprint density at radius 2 is 2.05 bits per heavy atom.